The summed E-state index contributed by atoms with van der Waals surface area (Å²) in [6.07, 6.45) is 84.4. The van der Waals surface area contributed by atoms with Gasteiger partial charge in [-0.1, -0.05) is 230 Å². The van der Waals surface area contributed by atoms with Crippen LogP contribution in [0.3, 0.4) is 0 Å². The largest absolute Gasteiger partial charge is 0.462 e. The maximum atomic E-state index is 12.8. The molecular formula is C63H98O5. The van der Waals surface area contributed by atoms with Crippen LogP contribution in [-0.2, 0) is 23.8 Å². The third kappa shape index (κ3) is 54.1. The van der Waals surface area contributed by atoms with Crippen LogP contribution in [-0.4, -0.2) is 37.9 Å². The summed E-state index contributed by atoms with van der Waals surface area (Å²) >= 11 is 0. The van der Waals surface area contributed by atoms with Crippen molar-refractivity contribution in [1.82, 2.24) is 0 Å². The Bertz CT molecular complexity index is 1520. The predicted molar refractivity (Wildman–Crippen MR) is 297 cm³/mol. The maximum absolute atomic E-state index is 12.8. The maximum Gasteiger partial charge on any atom is 0.310 e. The van der Waals surface area contributed by atoms with Crippen molar-refractivity contribution in [2.45, 2.75) is 207 Å². The lowest BCUT2D eigenvalue weighted by atomic mass is 10.1. The van der Waals surface area contributed by atoms with Crippen molar-refractivity contribution < 1.29 is 23.8 Å². The molecule has 0 fully saturated rings. The van der Waals surface area contributed by atoms with Gasteiger partial charge in [0.1, 0.15) is 6.61 Å². The molecule has 0 aliphatic heterocycles. The van der Waals surface area contributed by atoms with Crippen LogP contribution in [0.25, 0.3) is 0 Å². The minimum absolute atomic E-state index is 0.00798. The van der Waals surface area contributed by atoms with E-state index in [2.05, 4.69) is 161 Å². The molecule has 1 atom stereocenters. The van der Waals surface area contributed by atoms with Gasteiger partial charge >= 0.3 is 11.9 Å². The lowest BCUT2D eigenvalue weighted by molar-refractivity contribution is -0.162. The molecule has 68 heavy (non-hydrogen) atoms. The molecule has 0 rings (SSSR count). The van der Waals surface area contributed by atoms with Gasteiger partial charge in [0.25, 0.3) is 0 Å². The average molecular weight is 935 g/mol. The van der Waals surface area contributed by atoms with E-state index in [1.165, 1.54) is 70.6 Å². The summed E-state index contributed by atoms with van der Waals surface area (Å²) in [6, 6.07) is 0. The van der Waals surface area contributed by atoms with Crippen molar-refractivity contribution in [3.63, 3.8) is 0 Å². The first-order valence-corrected chi connectivity index (χ1v) is 27.0. The summed E-state index contributed by atoms with van der Waals surface area (Å²) in [5, 5.41) is 0. The van der Waals surface area contributed by atoms with Crippen molar-refractivity contribution in [2.75, 3.05) is 19.8 Å². The molecule has 0 saturated heterocycles. The number of esters is 2. The van der Waals surface area contributed by atoms with E-state index >= 15 is 0 Å². The number of rotatable bonds is 47. The first-order chi connectivity index (χ1) is 33.6. The second kappa shape index (κ2) is 56.8. The third-order valence-electron chi connectivity index (χ3n) is 10.6. The zero-order valence-electron chi connectivity index (χ0n) is 43.6. The highest BCUT2D eigenvalue weighted by molar-refractivity contribution is 5.71. The number of ether oxygens (including phenoxy) is 3. The van der Waals surface area contributed by atoms with Gasteiger partial charge in [-0.25, -0.2) is 0 Å². The molecule has 0 spiro atoms. The zero-order valence-corrected chi connectivity index (χ0v) is 43.6. The van der Waals surface area contributed by atoms with Crippen molar-refractivity contribution >= 4 is 11.9 Å². The fourth-order valence-electron chi connectivity index (χ4n) is 6.64. The summed E-state index contributed by atoms with van der Waals surface area (Å²) < 4.78 is 17.2. The van der Waals surface area contributed by atoms with Gasteiger partial charge in [-0.3, -0.25) is 9.59 Å². The first-order valence-electron chi connectivity index (χ1n) is 27.0. The molecule has 5 nitrogen and oxygen atoms in total. The smallest absolute Gasteiger partial charge is 0.310 e. The molecule has 0 heterocycles. The van der Waals surface area contributed by atoms with Crippen molar-refractivity contribution in [3.8, 4) is 0 Å². The molecule has 0 amide bonds. The fraction of sp³-hybridized carbons (Fsp3) is 0.556. The normalized spacial score (nSPS) is 13.5. The van der Waals surface area contributed by atoms with Crippen LogP contribution in [0.4, 0.5) is 0 Å². The molecular weight excluding hydrogens is 837 g/mol. The fourth-order valence-corrected chi connectivity index (χ4v) is 6.64. The van der Waals surface area contributed by atoms with E-state index in [0.717, 1.165) is 89.9 Å². The third-order valence-corrected chi connectivity index (χ3v) is 10.6. The summed E-state index contributed by atoms with van der Waals surface area (Å²) in [6.45, 7) is 7.35. The van der Waals surface area contributed by atoms with Gasteiger partial charge < -0.3 is 14.2 Å². The van der Waals surface area contributed by atoms with E-state index in [1.807, 2.05) is 18.2 Å². The topological polar surface area (TPSA) is 61.8 Å². The van der Waals surface area contributed by atoms with E-state index in [4.69, 9.17) is 14.2 Å². The molecule has 0 bridgehead atoms. The molecule has 0 aromatic heterocycles. The number of carbonyl (C=O) groups is 2. The van der Waals surface area contributed by atoms with Gasteiger partial charge in [-0.15, -0.1) is 0 Å². The van der Waals surface area contributed by atoms with Crippen molar-refractivity contribution in [2.24, 2.45) is 0 Å². The Morgan fingerprint density at radius 3 is 1.13 bits per heavy atom. The van der Waals surface area contributed by atoms with Crippen molar-refractivity contribution in [1.29, 1.82) is 0 Å². The average Bonchev–Trinajstić information content (AvgIpc) is 3.34. The highest BCUT2D eigenvalue weighted by Gasteiger charge is 2.17. The lowest BCUT2D eigenvalue weighted by Crippen LogP contribution is -2.29. The Hall–Kier alpha value is -4.48. The molecule has 1 unspecified atom stereocenters. The van der Waals surface area contributed by atoms with Crippen LogP contribution >= 0.6 is 0 Å². The number of hydrogen-bond donors (Lipinski definition) is 0. The van der Waals surface area contributed by atoms with Crippen LogP contribution in [0.5, 0.6) is 0 Å². The van der Waals surface area contributed by atoms with E-state index in [0.29, 0.717) is 13.0 Å². The highest BCUT2D eigenvalue weighted by atomic mass is 16.6. The Morgan fingerprint density at radius 2 is 0.706 bits per heavy atom. The van der Waals surface area contributed by atoms with Gasteiger partial charge in [0.05, 0.1) is 13.0 Å². The van der Waals surface area contributed by atoms with Gasteiger partial charge in [0.2, 0.25) is 0 Å². The molecule has 5 heteroatoms. The number of unbranched alkanes of at least 4 members (excludes halogenated alkanes) is 11. The number of allylic oxidation sites excluding steroid dienone is 25. The Balaban J connectivity index is 4.54. The number of hydrogen-bond acceptors (Lipinski definition) is 5. The lowest BCUT2D eigenvalue weighted by Gasteiger charge is -2.18. The zero-order chi connectivity index (χ0) is 49.2. The number of carbonyl (C=O) groups excluding carboxylic acids is 2. The molecule has 0 aliphatic rings. The van der Waals surface area contributed by atoms with Gasteiger partial charge in [-0.05, 0) is 116 Å². The summed E-state index contributed by atoms with van der Waals surface area (Å²) in [5.41, 5.74) is 0. The van der Waals surface area contributed by atoms with Gasteiger partial charge in [0.15, 0.2) is 6.10 Å². The second-order valence-electron chi connectivity index (χ2n) is 17.0. The predicted octanol–water partition coefficient (Wildman–Crippen LogP) is 18.7. The Labute approximate surface area is 418 Å². The van der Waals surface area contributed by atoms with Crippen LogP contribution in [0.1, 0.15) is 201 Å². The monoisotopic (exact) mass is 935 g/mol. The molecule has 0 aliphatic carbocycles. The Kier molecular flexibility index (Phi) is 53.1. The van der Waals surface area contributed by atoms with Crippen LogP contribution in [0, 0.1) is 0 Å². The summed E-state index contributed by atoms with van der Waals surface area (Å²) in [4.78, 5) is 25.4. The Morgan fingerprint density at radius 1 is 0.353 bits per heavy atom. The first kappa shape index (κ1) is 63.5. The molecule has 0 radical (unpaired) electrons. The van der Waals surface area contributed by atoms with Crippen LogP contribution < -0.4 is 0 Å². The molecule has 380 valence electrons. The molecule has 0 N–H and O–H groups in total. The SMILES string of the molecule is CC/C=C\C/C=C\C/C=C\C/C=C\C/C=C\C/C=C\CCC(=O)OCC(COCCCCCCCCCC/C=C\C/C=C\CCCCC)OC(=O)C/C=C\C/C=C\C/C=C\C/C=C\C/C=C\CC. The molecule has 0 saturated carbocycles. The summed E-state index contributed by atoms with van der Waals surface area (Å²) in [5.74, 6) is -0.656. The van der Waals surface area contributed by atoms with Crippen LogP contribution in [0.15, 0.2) is 158 Å². The van der Waals surface area contributed by atoms with Crippen molar-refractivity contribution in [3.05, 3.63) is 158 Å². The van der Waals surface area contributed by atoms with Crippen LogP contribution in [0.2, 0.25) is 0 Å². The molecule has 0 aromatic rings. The molecule has 0 aromatic carbocycles. The van der Waals surface area contributed by atoms with E-state index in [-0.39, 0.29) is 38.0 Å². The summed E-state index contributed by atoms with van der Waals surface area (Å²) in [7, 11) is 0. The van der Waals surface area contributed by atoms with E-state index in [9.17, 15) is 9.59 Å². The minimum atomic E-state index is -0.637. The standard InChI is InChI=1S/C63H98O5/c1-4-7-10-13-16-19-22-25-28-30-32-33-36-38-41-44-47-50-53-56-62(64)67-60-61(68-63(65)57-54-51-48-45-42-39-35-27-24-21-18-15-12-9-6-3)59-66-58-55-52-49-46-43-40-37-34-31-29-26-23-20-17-14-11-8-5-2/h7,9-10,12,16-21,25-29,32-33,35,38,41-42,45,47,50-51,54,61H,4-6,8,11,13-15,22-24,30-31,34,36-37,39-40,43-44,46,48-49,52-53,55-60H2,1-3H3/b10-7-,12-9-,19-16-,20-17-,21-18-,28-25-,29-26-,33-32-,35-27-,41-38-,45-42-,50-47-,54-51-. The van der Waals surface area contributed by atoms with E-state index in [1.54, 1.807) is 0 Å². The second-order valence-corrected chi connectivity index (χ2v) is 17.0. The van der Waals surface area contributed by atoms with Gasteiger partial charge in [-0.2, -0.15) is 0 Å². The van der Waals surface area contributed by atoms with E-state index < -0.39 is 6.10 Å². The quantitative estimate of drug-likeness (QED) is 0.0346. The van der Waals surface area contributed by atoms with Gasteiger partial charge in [0, 0.05) is 13.0 Å². The highest BCUT2D eigenvalue weighted by Crippen LogP contribution is 2.11. The minimum Gasteiger partial charge on any atom is -0.462 e.